The summed E-state index contributed by atoms with van der Waals surface area (Å²) in [5.74, 6) is -1.11. The minimum atomic E-state index is -0.911. The normalized spacial score (nSPS) is 11.4. The van der Waals surface area contributed by atoms with E-state index in [2.05, 4.69) is 25.3 Å². The Morgan fingerprint density at radius 2 is 2.04 bits per heavy atom. The van der Waals surface area contributed by atoms with Crippen molar-refractivity contribution >= 4 is 34.7 Å². The Labute approximate surface area is 150 Å². The highest BCUT2D eigenvalue weighted by molar-refractivity contribution is 7.98. The molecule has 8 nitrogen and oxygen atoms in total. The number of thioether (sulfide) groups is 1. The first-order valence-corrected chi connectivity index (χ1v) is 8.62. The third kappa shape index (κ3) is 3.84. The van der Waals surface area contributed by atoms with Crippen molar-refractivity contribution in [3.63, 3.8) is 0 Å². The second-order valence-electron chi connectivity index (χ2n) is 5.45. The van der Waals surface area contributed by atoms with Gasteiger partial charge in [0.25, 0.3) is 10.8 Å². The summed E-state index contributed by atoms with van der Waals surface area (Å²) in [6.45, 7) is -0.594. The van der Waals surface area contributed by atoms with Gasteiger partial charge in [-0.05, 0) is 17.8 Å². The van der Waals surface area contributed by atoms with E-state index in [9.17, 15) is 19.0 Å². The van der Waals surface area contributed by atoms with Crippen molar-refractivity contribution in [1.82, 2.24) is 15.0 Å². The van der Waals surface area contributed by atoms with E-state index < -0.39 is 17.7 Å². The molecule has 0 atom stereocenters. The van der Waals surface area contributed by atoms with Crippen LogP contribution in [0.5, 0.6) is 0 Å². The number of nitrogens with one attached hydrogen (secondary N) is 3. The highest BCUT2D eigenvalue weighted by atomic mass is 32.2. The van der Waals surface area contributed by atoms with Crippen LogP contribution in [-0.2, 0) is 5.75 Å². The van der Waals surface area contributed by atoms with Crippen molar-refractivity contribution in [3.05, 3.63) is 35.4 Å². The van der Waals surface area contributed by atoms with Crippen molar-refractivity contribution in [3.8, 4) is 0 Å². The Hall–Kier alpha value is -2.50. The van der Waals surface area contributed by atoms with E-state index in [1.807, 2.05) is 0 Å². The molecule has 0 spiro atoms. The summed E-state index contributed by atoms with van der Waals surface area (Å²) >= 11 is 1.14. The molecule has 0 aliphatic rings. The molecule has 11 heteroatoms. The first kappa shape index (κ1) is 18.3. The summed E-state index contributed by atoms with van der Waals surface area (Å²) in [6, 6.07) is 3.37. The van der Waals surface area contributed by atoms with E-state index >= 15 is 0 Å². The summed E-state index contributed by atoms with van der Waals surface area (Å²) in [7, 11) is 0. The smallest absolute Gasteiger partial charge is 0.299 e. The van der Waals surface area contributed by atoms with E-state index in [1.54, 1.807) is 0 Å². The average Bonchev–Trinajstić information content (AvgIpc) is 3.01. The highest BCUT2D eigenvalue weighted by Crippen LogP contribution is 2.24. The Bertz CT molecular complexity index is 919. The van der Waals surface area contributed by atoms with Gasteiger partial charge in [-0.15, -0.1) is 0 Å². The molecule has 2 heterocycles. The number of imidazole rings is 1. The number of hydrogen-bond donors (Lipinski definition) is 5. The van der Waals surface area contributed by atoms with Crippen LogP contribution in [0.25, 0.3) is 11.2 Å². The van der Waals surface area contributed by atoms with E-state index in [0.29, 0.717) is 22.1 Å². The Morgan fingerprint density at radius 1 is 1.27 bits per heavy atom. The van der Waals surface area contributed by atoms with Crippen molar-refractivity contribution in [2.24, 2.45) is 0 Å². The standard InChI is InChI=1S/C15H16F2N6O2S/c16-9-3-1-2-7(10(9)17)6-26-15-22-12(19-8(4-24)5-25)11-13(23-15)21-14(18)20-11/h1-3,8,24-25H,4-6H2,(H4,18,19,20,21,22,23)/p+1. The highest BCUT2D eigenvalue weighted by Gasteiger charge is 2.21. The minimum absolute atomic E-state index is 0.140. The van der Waals surface area contributed by atoms with E-state index in [4.69, 9.17) is 5.73 Å². The molecule has 7 N–H and O–H groups in total. The van der Waals surface area contributed by atoms with E-state index in [0.717, 1.165) is 17.8 Å². The van der Waals surface area contributed by atoms with Gasteiger partial charge in [0.15, 0.2) is 17.2 Å². The van der Waals surface area contributed by atoms with Gasteiger partial charge >= 0.3 is 0 Å². The summed E-state index contributed by atoms with van der Waals surface area (Å²) in [5.41, 5.74) is 6.64. The second-order valence-corrected chi connectivity index (χ2v) is 6.41. The number of aromatic nitrogens is 4. The van der Waals surface area contributed by atoms with Crippen LogP contribution in [0, 0.1) is 11.6 Å². The molecule has 0 aliphatic heterocycles. The molecular formula is C15H17F2N6O2S+. The number of fused-ring (bicyclic) bond motifs is 1. The molecular weight excluding hydrogens is 366 g/mol. The minimum Gasteiger partial charge on any atom is -0.393 e. The van der Waals surface area contributed by atoms with Crippen LogP contribution in [0.4, 0.5) is 20.5 Å². The molecule has 3 aromatic rings. The van der Waals surface area contributed by atoms with Gasteiger partial charge < -0.3 is 20.9 Å². The Balaban J connectivity index is 1.89. The lowest BCUT2D eigenvalue weighted by molar-refractivity contribution is -0.416. The van der Waals surface area contributed by atoms with Crippen LogP contribution in [0.1, 0.15) is 5.56 Å². The van der Waals surface area contributed by atoms with Gasteiger partial charge in [0.05, 0.1) is 13.2 Å². The lowest BCUT2D eigenvalue weighted by atomic mass is 10.2. The van der Waals surface area contributed by atoms with Crippen molar-refractivity contribution in [1.29, 1.82) is 0 Å². The molecule has 0 radical (unpaired) electrons. The summed E-state index contributed by atoms with van der Waals surface area (Å²) in [6.07, 6.45) is 0. The van der Waals surface area contributed by atoms with Gasteiger partial charge in [0, 0.05) is 11.3 Å². The monoisotopic (exact) mass is 383 g/mol. The van der Waals surface area contributed by atoms with Gasteiger partial charge in [0.2, 0.25) is 11.8 Å². The molecule has 1 aromatic carbocycles. The predicted molar refractivity (Wildman–Crippen MR) is 92.4 cm³/mol. The molecule has 0 unspecified atom stereocenters. The quantitative estimate of drug-likeness (QED) is 0.299. The number of anilines is 2. The lowest BCUT2D eigenvalue weighted by Gasteiger charge is -2.10. The lowest BCUT2D eigenvalue weighted by Crippen LogP contribution is -2.31. The largest absolute Gasteiger partial charge is 0.393 e. The fourth-order valence-electron chi connectivity index (χ4n) is 2.27. The molecule has 26 heavy (non-hydrogen) atoms. The molecule has 0 bridgehead atoms. The molecule has 2 aromatic heterocycles. The fourth-order valence-corrected chi connectivity index (χ4v) is 3.11. The van der Waals surface area contributed by atoms with Crippen LogP contribution in [-0.4, -0.2) is 44.4 Å². The molecule has 0 saturated heterocycles. The number of H-pyrrole nitrogens is 2. The number of nitrogen functional groups attached to an aromatic ring is 1. The number of nitrogens with zero attached hydrogens (tertiary/aromatic N) is 2. The van der Waals surface area contributed by atoms with Crippen LogP contribution < -0.4 is 16.0 Å². The number of benzene rings is 1. The van der Waals surface area contributed by atoms with Crippen LogP contribution in [0.2, 0.25) is 0 Å². The third-order valence-electron chi connectivity index (χ3n) is 3.58. The zero-order valence-electron chi connectivity index (χ0n) is 13.5. The maximum Gasteiger partial charge on any atom is 0.299 e. The number of aliphatic hydroxyl groups is 2. The molecule has 0 saturated carbocycles. The Morgan fingerprint density at radius 3 is 2.77 bits per heavy atom. The maximum atomic E-state index is 13.8. The number of halogens is 2. The van der Waals surface area contributed by atoms with Crippen molar-refractivity contribution < 1.29 is 24.0 Å². The molecule has 138 valence electrons. The van der Waals surface area contributed by atoms with Crippen molar-refractivity contribution in [2.75, 3.05) is 24.3 Å². The number of nitrogens with two attached hydrogens (primary N) is 1. The van der Waals surface area contributed by atoms with Crippen LogP contribution in [0.15, 0.2) is 23.4 Å². The average molecular weight is 383 g/mol. The van der Waals surface area contributed by atoms with Crippen LogP contribution >= 0.6 is 11.8 Å². The molecule has 0 fully saturated rings. The number of aliphatic hydroxyl groups excluding tert-OH is 2. The molecule has 3 rings (SSSR count). The molecule has 0 aliphatic carbocycles. The van der Waals surface area contributed by atoms with Gasteiger partial charge in [-0.2, -0.15) is 4.98 Å². The van der Waals surface area contributed by atoms with Gasteiger partial charge in [-0.25, -0.2) is 13.8 Å². The maximum absolute atomic E-state index is 13.8. The van der Waals surface area contributed by atoms with E-state index in [1.165, 1.54) is 12.1 Å². The Kier molecular flexibility index (Phi) is 5.49. The van der Waals surface area contributed by atoms with E-state index in [-0.39, 0.29) is 30.5 Å². The third-order valence-corrected chi connectivity index (χ3v) is 4.50. The van der Waals surface area contributed by atoms with Crippen LogP contribution in [0.3, 0.4) is 0 Å². The van der Waals surface area contributed by atoms with Gasteiger partial charge in [-0.1, -0.05) is 17.1 Å². The number of rotatable bonds is 7. The second kappa shape index (κ2) is 7.81. The number of hydrogen-bond acceptors (Lipinski definition) is 7. The molecule has 0 amide bonds. The van der Waals surface area contributed by atoms with Crippen molar-refractivity contribution in [2.45, 2.75) is 17.0 Å². The number of aromatic amines is 2. The summed E-state index contributed by atoms with van der Waals surface area (Å²) in [4.78, 5) is 14.2. The summed E-state index contributed by atoms with van der Waals surface area (Å²) < 4.78 is 27.1. The van der Waals surface area contributed by atoms with Gasteiger partial charge in [0.1, 0.15) is 6.04 Å². The zero-order chi connectivity index (χ0) is 18.7. The topological polar surface area (TPSA) is 134 Å². The fraction of sp³-hybridized carbons (Fsp3) is 0.267. The zero-order valence-corrected chi connectivity index (χ0v) is 14.3. The first-order chi connectivity index (χ1) is 12.5. The predicted octanol–water partition coefficient (Wildman–Crippen LogP) is 0.690. The SMILES string of the molecule is Nc1nc2nc(SCc3cccc(F)c3F)[nH+]c(NC(CO)CO)c2[nH]1. The van der Waals surface area contributed by atoms with Gasteiger partial charge in [-0.3, -0.25) is 5.32 Å². The first-order valence-electron chi connectivity index (χ1n) is 7.64. The summed E-state index contributed by atoms with van der Waals surface area (Å²) in [5, 5.41) is 21.8.